The van der Waals surface area contributed by atoms with Crippen molar-refractivity contribution in [3.8, 4) is 0 Å². The molecular weight excluding hydrogens is 252 g/mol. The number of nitrogens with zero attached hydrogens (tertiary/aromatic N) is 1. The van der Waals surface area contributed by atoms with E-state index in [0.717, 1.165) is 18.6 Å². The van der Waals surface area contributed by atoms with Crippen molar-refractivity contribution in [2.75, 3.05) is 33.9 Å². The van der Waals surface area contributed by atoms with Crippen LogP contribution in [0.2, 0.25) is 0 Å². The lowest BCUT2D eigenvalue weighted by Gasteiger charge is -2.24. The molecule has 1 aromatic carbocycles. The van der Waals surface area contributed by atoms with Gasteiger partial charge < -0.3 is 10.1 Å². The quantitative estimate of drug-likeness (QED) is 0.741. The van der Waals surface area contributed by atoms with Crippen molar-refractivity contribution >= 4 is 5.91 Å². The van der Waals surface area contributed by atoms with Gasteiger partial charge in [0.25, 0.3) is 0 Å². The summed E-state index contributed by atoms with van der Waals surface area (Å²) in [5.74, 6) is 0.0390. The van der Waals surface area contributed by atoms with Crippen LogP contribution < -0.4 is 5.32 Å². The molecule has 0 bridgehead atoms. The number of nitrogens with one attached hydrogen (secondary N) is 1. The van der Waals surface area contributed by atoms with E-state index in [-0.39, 0.29) is 11.9 Å². The largest absolute Gasteiger partial charge is 0.382 e. The topological polar surface area (TPSA) is 41.6 Å². The summed E-state index contributed by atoms with van der Waals surface area (Å²) in [5.41, 5.74) is 2.19. The number of aryl methyl sites for hydroxylation is 1. The number of hydrogen-bond donors (Lipinski definition) is 1. The number of rotatable bonds is 8. The van der Waals surface area contributed by atoms with Crippen molar-refractivity contribution in [1.82, 2.24) is 10.2 Å². The average Bonchev–Trinajstić information content (AvgIpc) is 2.38. The highest BCUT2D eigenvalue weighted by atomic mass is 16.5. The first-order chi connectivity index (χ1) is 9.56. The summed E-state index contributed by atoms with van der Waals surface area (Å²) in [6.45, 7) is 6.06. The van der Waals surface area contributed by atoms with Crippen molar-refractivity contribution in [3.05, 3.63) is 35.4 Å². The van der Waals surface area contributed by atoms with Crippen LogP contribution in [0.15, 0.2) is 24.3 Å². The molecule has 1 atom stereocenters. The van der Waals surface area contributed by atoms with Crippen LogP contribution in [0.25, 0.3) is 0 Å². The summed E-state index contributed by atoms with van der Waals surface area (Å²) in [4.78, 5) is 14.3. The molecule has 0 aliphatic rings. The molecule has 0 heterocycles. The molecule has 1 N–H and O–H groups in total. The normalized spacial score (nSPS) is 12.4. The Morgan fingerprint density at radius 2 is 2.15 bits per heavy atom. The van der Waals surface area contributed by atoms with E-state index in [1.165, 1.54) is 5.56 Å². The molecule has 0 spiro atoms. The van der Waals surface area contributed by atoms with Crippen LogP contribution in [0.1, 0.15) is 30.5 Å². The third-order valence-electron chi connectivity index (χ3n) is 3.09. The predicted molar refractivity (Wildman–Crippen MR) is 81.7 cm³/mol. The minimum Gasteiger partial charge on any atom is -0.382 e. The first-order valence-electron chi connectivity index (χ1n) is 7.14. The van der Waals surface area contributed by atoms with Gasteiger partial charge in [-0.15, -0.1) is 0 Å². The molecule has 4 heteroatoms. The molecule has 1 amide bonds. The number of carbonyl (C=O) groups excluding carboxylic acids is 1. The summed E-state index contributed by atoms with van der Waals surface area (Å²) in [5, 5.41) is 2.98. The Hall–Kier alpha value is -1.39. The van der Waals surface area contributed by atoms with Crippen molar-refractivity contribution in [2.24, 2.45) is 0 Å². The fraction of sp³-hybridized carbons (Fsp3) is 0.562. The van der Waals surface area contributed by atoms with Crippen LogP contribution in [0.3, 0.4) is 0 Å². The fourth-order valence-electron chi connectivity index (χ4n) is 2.15. The number of ether oxygens (including phenoxy) is 1. The summed E-state index contributed by atoms with van der Waals surface area (Å²) in [6.07, 6.45) is 0.841. The molecule has 0 aliphatic heterocycles. The van der Waals surface area contributed by atoms with E-state index in [1.54, 1.807) is 0 Å². The molecule has 0 unspecified atom stereocenters. The minimum atomic E-state index is -0.248. The molecule has 1 aromatic rings. The van der Waals surface area contributed by atoms with Gasteiger partial charge in [-0.3, -0.25) is 9.69 Å². The minimum absolute atomic E-state index is 0.0390. The lowest BCUT2D eigenvalue weighted by molar-refractivity contribution is -0.125. The van der Waals surface area contributed by atoms with E-state index in [4.69, 9.17) is 4.74 Å². The van der Waals surface area contributed by atoms with E-state index in [1.807, 2.05) is 51.0 Å². The Morgan fingerprint density at radius 3 is 2.75 bits per heavy atom. The Kier molecular flexibility index (Phi) is 7.26. The van der Waals surface area contributed by atoms with Crippen LogP contribution in [0.4, 0.5) is 0 Å². The van der Waals surface area contributed by atoms with Crippen LogP contribution in [-0.4, -0.2) is 44.7 Å². The summed E-state index contributed by atoms with van der Waals surface area (Å²) >= 11 is 0. The average molecular weight is 278 g/mol. The third kappa shape index (κ3) is 5.31. The lowest BCUT2D eigenvalue weighted by atomic mass is 10.0. The van der Waals surface area contributed by atoms with Crippen molar-refractivity contribution in [1.29, 1.82) is 0 Å². The number of benzene rings is 1. The van der Waals surface area contributed by atoms with Gasteiger partial charge in [0, 0.05) is 19.8 Å². The predicted octanol–water partition coefficient (Wildman–Crippen LogP) is 2.14. The van der Waals surface area contributed by atoms with E-state index < -0.39 is 0 Å². The van der Waals surface area contributed by atoms with Gasteiger partial charge in [-0.25, -0.2) is 0 Å². The van der Waals surface area contributed by atoms with Crippen LogP contribution in [-0.2, 0) is 9.53 Å². The van der Waals surface area contributed by atoms with Gasteiger partial charge in [-0.1, -0.05) is 29.8 Å². The smallest absolute Gasteiger partial charge is 0.241 e. The van der Waals surface area contributed by atoms with E-state index >= 15 is 0 Å². The van der Waals surface area contributed by atoms with Gasteiger partial charge in [0.15, 0.2) is 0 Å². The second-order valence-corrected chi connectivity index (χ2v) is 5.12. The van der Waals surface area contributed by atoms with Crippen molar-refractivity contribution in [3.63, 3.8) is 0 Å². The maximum Gasteiger partial charge on any atom is 0.241 e. The molecule has 0 radical (unpaired) electrons. The SMILES string of the molecule is CCOCCCNC(=O)[C@H](c1cccc(C)c1)N(C)C. The lowest BCUT2D eigenvalue weighted by Crippen LogP contribution is -2.37. The third-order valence-corrected chi connectivity index (χ3v) is 3.09. The molecular formula is C16H26N2O2. The van der Waals surface area contributed by atoms with Crippen LogP contribution >= 0.6 is 0 Å². The van der Waals surface area contributed by atoms with Crippen molar-refractivity contribution in [2.45, 2.75) is 26.3 Å². The number of hydrogen-bond acceptors (Lipinski definition) is 3. The van der Waals surface area contributed by atoms with Gasteiger partial charge in [0.05, 0.1) is 0 Å². The zero-order valence-electron chi connectivity index (χ0n) is 13.0. The standard InChI is InChI=1S/C16H26N2O2/c1-5-20-11-7-10-17-16(19)15(18(3)4)14-9-6-8-13(2)12-14/h6,8-9,12,15H,5,7,10-11H2,1-4H3,(H,17,19)/t15-/m0/s1. The molecule has 0 saturated heterocycles. The second-order valence-electron chi connectivity index (χ2n) is 5.12. The second kappa shape index (κ2) is 8.72. The van der Waals surface area contributed by atoms with Gasteiger partial charge >= 0.3 is 0 Å². The van der Waals surface area contributed by atoms with E-state index in [0.29, 0.717) is 13.2 Å². The van der Waals surface area contributed by atoms with Crippen molar-refractivity contribution < 1.29 is 9.53 Å². The first-order valence-corrected chi connectivity index (χ1v) is 7.14. The monoisotopic (exact) mass is 278 g/mol. The van der Waals surface area contributed by atoms with E-state index in [2.05, 4.69) is 11.4 Å². The summed E-state index contributed by atoms with van der Waals surface area (Å²) < 4.78 is 5.26. The highest BCUT2D eigenvalue weighted by molar-refractivity contribution is 5.83. The molecule has 0 fully saturated rings. The number of carbonyl (C=O) groups is 1. The number of likely N-dealkylation sites (N-methyl/N-ethyl adjacent to an activating group) is 1. The molecule has 112 valence electrons. The highest BCUT2D eigenvalue weighted by Gasteiger charge is 2.22. The maximum atomic E-state index is 12.3. The molecule has 4 nitrogen and oxygen atoms in total. The summed E-state index contributed by atoms with van der Waals surface area (Å²) in [7, 11) is 3.85. The Labute approximate surface area is 122 Å². The van der Waals surface area contributed by atoms with Crippen LogP contribution in [0, 0.1) is 6.92 Å². The fourth-order valence-corrected chi connectivity index (χ4v) is 2.15. The molecule has 20 heavy (non-hydrogen) atoms. The summed E-state index contributed by atoms with van der Waals surface area (Å²) in [6, 6.07) is 7.84. The maximum absolute atomic E-state index is 12.3. The molecule has 0 saturated carbocycles. The molecule has 0 aliphatic carbocycles. The van der Waals surface area contributed by atoms with Gasteiger partial charge in [0.1, 0.15) is 6.04 Å². The number of amides is 1. The molecule has 1 rings (SSSR count). The van der Waals surface area contributed by atoms with Gasteiger partial charge in [0.2, 0.25) is 5.91 Å². The Balaban J connectivity index is 2.60. The van der Waals surface area contributed by atoms with Gasteiger partial charge in [-0.05, 0) is 39.9 Å². The highest BCUT2D eigenvalue weighted by Crippen LogP contribution is 2.19. The first kappa shape index (κ1) is 16.7. The Bertz CT molecular complexity index is 419. The van der Waals surface area contributed by atoms with E-state index in [9.17, 15) is 4.79 Å². The zero-order valence-corrected chi connectivity index (χ0v) is 13.0. The zero-order chi connectivity index (χ0) is 15.0. The molecule has 0 aromatic heterocycles. The van der Waals surface area contributed by atoms with Crippen LogP contribution in [0.5, 0.6) is 0 Å². The Morgan fingerprint density at radius 1 is 1.40 bits per heavy atom. The van der Waals surface area contributed by atoms with Gasteiger partial charge in [-0.2, -0.15) is 0 Å².